The lowest BCUT2D eigenvalue weighted by Crippen LogP contribution is -2.33. The molecular formula is C9H15N3O3S. The van der Waals surface area contributed by atoms with Crippen LogP contribution in [0.1, 0.15) is 13.3 Å². The number of anilines is 1. The second kappa shape index (κ2) is 5.24. The molecule has 0 radical (unpaired) electrons. The number of hydrogen-bond donors (Lipinski definition) is 3. The van der Waals surface area contributed by atoms with Crippen LogP contribution in [0.15, 0.2) is 23.2 Å². The van der Waals surface area contributed by atoms with Crippen LogP contribution in [0.3, 0.4) is 0 Å². The van der Waals surface area contributed by atoms with Gasteiger partial charge in [0.2, 0.25) is 10.0 Å². The third-order valence-electron chi connectivity index (χ3n) is 1.99. The number of sulfonamides is 1. The van der Waals surface area contributed by atoms with E-state index in [1.54, 1.807) is 6.92 Å². The molecule has 1 rings (SSSR count). The lowest BCUT2D eigenvalue weighted by molar-refractivity contribution is 0.275. The zero-order chi connectivity index (χ0) is 12.2. The van der Waals surface area contributed by atoms with Crippen molar-refractivity contribution < 1.29 is 13.5 Å². The van der Waals surface area contributed by atoms with E-state index < -0.39 is 10.0 Å². The summed E-state index contributed by atoms with van der Waals surface area (Å²) in [5, 5.41) is 8.68. The van der Waals surface area contributed by atoms with Gasteiger partial charge in [-0.25, -0.2) is 18.1 Å². The minimum absolute atomic E-state index is 0.0616. The van der Waals surface area contributed by atoms with E-state index in [1.807, 2.05) is 0 Å². The molecule has 6 nitrogen and oxygen atoms in total. The van der Waals surface area contributed by atoms with E-state index in [-0.39, 0.29) is 23.4 Å². The van der Waals surface area contributed by atoms with E-state index in [9.17, 15) is 8.42 Å². The molecule has 0 bridgehead atoms. The van der Waals surface area contributed by atoms with Crippen LogP contribution >= 0.6 is 0 Å². The first kappa shape index (κ1) is 12.9. The Hall–Kier alpha value is -1.18. The van der Waals surface area contributed by atoms with Crippen molar-refractivity contribution in [1.82, 2.24) is 9.71 Å². The number of pyridine rings is 1. The number of rotatable bonds is 5. The van der Waals surface area contributed by atoms with Crippen molar-refractivity contribution in [2.45, 2.75) is 24.3 Å². The monoisotopic (exact) mass is 245 g/mol. The first-order valence-electron chi connectivity index (χ1n) is 4.80. The molecule has 1 heterocycles. The summed E-state index contributed by atoms with van der Waals surface area (Å²) in [7, 11) is -3.58. The Morgan fingerprint density at radius 1 is 1.56 bits per heavy atom. The average molecular weight is 245 g/mol. The number of aliphatic hydroxyl groups is 1. The molecule has 0 amide bonds. The summed E-state index contributed by atoms with van der Waals surface area (Å²) < 4.78 is 25.9. The molecule has 0 saturated heterocycles. The summed E-state index contributed by atoms with van der Waals surface area (Å²) in [6.07, 6.45) is 1.56. The van der Waals surface area contributed by atoms with Gasteiger partial charge in [-0.05, 0) is 25.5 Å². The molecular weight excluding hydrogens is 230 g/mol. The largest absolute Gasteiger partial charge is 0.396 e. The second-order valence-corrected chi connectivity index (χ2v) is 5.17. The maximum atomic E-state index is 11.8. The van der Waals surface area contributed by atoms with Crippen LogP contribution in [0.4, 0.5) is 5.82 Å². The predicted octanol–water partition coefficient (Wildman–Crippen LogP) is -0.287. The Balaban J connectivity index is 2.82. The summed E-state index contributed by atoms with van der Waals surface area (Å²) >= 11 is 0. The van der Waals surface area contributed by atoms with Crippen LogP contribution in [-0.4, -0.2) is 31.2 Å². The molecule has 0 aliphatic carbocycles. The van der Waals surface area contributed by atoms with Crippen LogP contribution in [0.5, 0.6) is 0 Å². The van der Waals surface area contributed by atoms with Crippen molar-refractivity contribution in [3.8, 4) is 0 Å². The fourth-order valence-electron chi connectivity index (χ4n) is 1.14. The van der Waals surface area contributed by atoms with Gasteiger partial charge >= 0.3 is 0 Å². The van der Waals surface area contributed by atoms with Gasteiger partial charge in [-0.2, -0.15) is 0 Å². The van der Waals surface area contributed by atoms with Gasteiger partial charge in [0.25, 0.3) is 0 Å². The second-order valence-electron chi connectivity index (χ2n) is 3.45. The van der Waals surface area contributed by atoms with Gasteiger partial charge < -0.3 is 10.8 Å². The van der Waals surface area contributed by atoms with E-state index in [0.717, 1.165) is 0 Å². The van der Waals surface area contributed by atoms with Crippen molar-refractivity contribution in [3.05, 3.63) is 18.3 Å². The number of nitrogen functional groups attached to an aromatic ring is 1. The Morgan fingerprint density at radius 3 is 2.75 bits per heavy atom. The van der Waals surface area contributed by atoms with Gasteiger partial charge in [-0.1, -0.05) is 0 Å². The zero-order valence-corrected chi connectivity index (χ0v) is 9.74. The summed E-state index contributed by atoms with van der Waals surface area (Å²) in [5.74, 6) is 0.266. The van der Waals surface area contributed by atoms with E-state index in [4.69, 9.17) is 10.8 Å². The van der Waals surface area contributed by atoms with Gasteiger partial charge in [0, 0.05) is 18.8 Å². The van der Waals surface area contributed by atoms with E-state index in [0.29, 0.717) is 6.42 Å². The van der Waals surface area contributed by atoms with Crippen LogP contribution < -0.4 is 10.5 Å². The molecule has 90 valence electrons. The maximum absolute atomic E-state index is 11.8. The molecule has 0 spiro atoms. The normalized spacial score (nSPS) is 13.6. The summed E-state index contributed by atoms with van der Waals surface area (Å²) in [6, 6.07) is 2.48. The minimum Gasteiger partial charge on any atom is -0.396 e. The maximum Gasteiger partial charge on any atom is 0.242 e. The molecule has 4 N–H and O–H groups in total. The number of hydrogen-bond acceptors (Lipinski definition) is 5. The molecule has 0 aromatic carbocycles. The van der Waals surface area contributed by atoms with Crippen molar-refractivity contribution in [3.63, 3.8) is 0 Å². The van der Waals surface area contributed by atoms with Gasteiger partial charge in [0.15, 0.2) is 0 Å². The van der Waals surface area contributed by atoms with E-state index in [2.05, 4.69) is 9.71 Å². The summed E-state index contributed by atoms with van der Waals surface area (Å²) in [5.41, 5.74) is 5.36. The van der Waals surface area contributed by atoms with Crippen molar-refractivity contribution in [2.24, 2.45) is 0 Å². The minimum atomic E-state index is -3.58. The van der Waals surface area contributed by atoms with Gasteiger partial charge in [-0.3, -0.25) is 0 Å². The molecule has 1 aromatic rings. The number of nitrogens with two attached hydrogens (primary N) is 1. The Kier molecular flexibility index (Phi) is 4.22. The number of nitrogens with zero attached hydrogens (tertiary/aromatic N) is 1. The molecule has 7 heteroatoms. The molecule has 0 aliphatic rings. The Morgan fingerprint density at radius 2 is 2.25 bits per heavy atom. The topological polar surface area (TPSA) is 105 Å². The average Bonchev–Trinajstić information content (AvgIpc) is 2.17. The van der Waals surface area contributed by atoms with Crippen LogP contribution in [0.25, 0.3) is 0 Å². The standard InChI is InChI=1S/C9H15N3O3S/c1-7(4-5-13)12-16(14,15)8-2-3-9(10)11-6-8/h2-3,6-7,12-13H,4-5H2,1H3,(H2,10,11). The highest BCUT2D eigenvalue weighted by atomic mass is 32.2. The van der Waals surface area contributed by atoms with E-state index in [1.165, 1.54) is 18.3 Å². The van der Waals surface area contributed by atoms with Crippen molar-refractivity contribution in [1.29, 1.82) is 0 Å². The SMILES string of the molecule is CC(CCO)NS(=O)(=O)c1ccc(N)nc1. The summed E-state index contributed by atoms with van der Waals surface area (Å²) in [6.45, 7) is 1.61. The third kappa shape index (κ3) is 3.44. The number of aromatic nitrogens is 1. The third-order valence-corrected chi connectivity index (χ3v) is 3.56. The first-order chi connectivity index (χ1) is 7.45. The first-order valence-corrected chi connectivity index (χ1v) is 6.29. The quantitative estimate of drug-likeness (QED) is 0.661. The Labute approximate surface area is 94.6 Å². The Bertz CT molecular complexity index is 430. The van der Waals surface area contributed by atoms with Crippen LogP contribution in [-0.2, 0) is 10.0 Å². The fourth-order valence-corrected chi connectivity index (χ4v) is 2.36. The van der Waals surface area contributed by atoms with Crippen molar-refractivity contribution >= 4 is 15.8 Å². The van der Waals surface area contributed by atoms with Gasteiger partial charge in [0.1, 0.15) is 10.7 Å². The lowest BCUT2D eigenvalue weighted by atomic mass is 10.3. The lowest BCUT2D eigenvalue weighted by Gasteiger charge is -2.12. The van der Waals surface area contributed by atoms with Gasteiger partial charge in [0.05, 0.1) is 0 Å². The molecule has 0 saturated carbocycles. The van der Waals surface area contributed by atoms with Gasteiger partial charge in [-0.15, -0.1) is 0 Å². The van der Waals surface area contributed by atoms with E-state index >= 15 is 0 Å². The highest BCUT2D eigenvalue weighted by Crippen LogP contribution is 2.09. The molecule has 16 heavy (non-hydrogen) atoms. The van der Waals surface area contributed by atoms with Crippen molar-refractivity contribution in [2.75, 3.05) is 12.3 Å². The summed E-state index contributed by atoms with van der Waals surface area (Å²) in [4.78, 5) is 3.77. The molecule has 1 atom stereocenters. The van der Waals surface area contributed by atoms with Crippen LogP contribution in [0.2, 0.25) is 0 Å². The number of nitrogens with one attached hydrogen (secondary N) is 1. The molecule has 0 fully saturated rings. The predicted molar refractivity (Wildman–Crippen MR) is 60.1 cm³/mol. The number of aliphatic hydroxyl groups excluding tert-OH is 1. The highest BCUT2D eigenvalue weighted by Gasteiger charge is 2.17. The molecule has 0 aliphatic heterocycles. The fraction of sp³-hybridized carbons (Fsp3) is 0.444. The van der Waals surface area contributed by atoms with Crippen LogP contribution in [0, 0.1) is 0 Å². The smallest absolute Gasteiger partial charge is 0.242 e. The molecule has 1 aromatic heterocycles. The highest BCUT2D eigenvalue weighted by molar-refractivity contribution is 7.89. The molecule has 1 unspecified atom stereocenters. The zero-order valence-electron chi connectivity index (χ0n) is 8.92.